The summed E-state index contributed by atoms with van der Waals surface area (Å²) in [5.41, 5.74) is 4.87. The van der Waals surface area contributed by atoms with Crippen molar-refractivity contribution >= 4 is 11.6 Å². The molecule has 4 rings (SSSR count). The first kappa shape index (κ1) is 17.4. The summed E-state index contributed by atoms with van der Waals surface area (Å²) in [6.45, 7) is 3.74. The van der Waals surface area contributed by atoms with Gasteiger partial charge in [-0.25, -0.2) is 0 Å². The summed E-state index contributed by atoms with van der Waals surface area (Å²) in [6, 6.07) is 21.1. The molecule has 0 N–H and O–H groups in total. The number of pyridine rings is 1. The number of aryl methyl sites for hydroxylation is 1. The minimum absolute atomic E-state index is 0.0206. The van der Waals surface area contributed by atoms with Crippen LogP contribution in [0.15, 0.2) is 82.2 Å². The minimum atomic E-state index is -0.0206. The molecule has 4 heteroatoms. The van der Waals surface area contributed by atoms with E-state index in [1.165, 1.54) is 0 Å². The molecule has 0 aliphatic heterocycles. The second-order valence-corrected chi connectivity index (χ2v) is 6.82. The fourth-order valence-corrected chi connectivity index (χ4v) is 3.60. The summed E-state index contributed by atoms with van der Waals surface area (Å²) < 4.78 is 7.56. The summed E-state index contributed by atoms with van der Waals surface area (Å²) in [4.78, 5) is 12.8. The molecule has 134 valence electrons. The van der Waals surface area contributed by atoms with Crippen molar-refractivity contribution in [2.24, 2.45) is 0 Å². The van der Waals surface area contributed by atoms with E-state index in [2.05, 4.69) is 0 Å². The van der Waals surface area contributed by atoms with Gasteiger partial charge in [0, 0.05) is 17.2 Å². The first-order valence-corrected chi connectivity index (χ1v) is 9.07. The Kier molecular flexibility index (Phi) is 4.46. The number of benzene rings is 2. The van der Waals surface area contributed by atoms with Crippen molar-refractivity contribution in [2.45, 2.75) is 13.8 Å². The van der Waals surface area contributed by atoms with Gasteiger partial charge in [0.25, 0.3) is 0 Å². The molecule has 3 nitrogen and oxygen atoms in total. The molecule has 0 spiro atoms. The molecule has 2 aromatic carbocycles. The van der Waals surface area contributed by atoms with E-state index in [-0.39, 0.29) is 5.43 Å². The third kappa shape index (κ3) is 3.00. The topological polar surface area (TPSA) is 35.1 Å². The van der Waals surface area contributed by atoms with E-state index >= 15 is 0 Å². The highest BCUT2D eigenvalue weighted by molar-refractivity contribution is 6.32. The van der Waals surface area contributed by atoms with Crippen molar-refractivity contribution in [3.63, 3.8) is 0 Å². The Morgan fingerprint density at radius 1 is 0.926 bits per heavy atom. The van der Waals surface area contributed by atoms with Gasteiger partial charge in [-0.1, -0.05) is 54.1 Å². The van der Waals surface area contributed by atoms with Crippen LogP contribution in [0.1, 0.15) is 11.3 Å². The third-order valence-corrected chi connectivity index (χ3v) is 5.05. The molecule has 2 heterocycles. The van der Waals surface area contributed by atoms with Crippen molar-refractivity contribution in [3.8, 4) is 28.2 Å². The molecule has 0 atom stereocenters. The third-order valence-electron chi connectivity index (χ3n) is 4.73. The Bertz CT molecular complexity index is 1170. The number of nitrogens with zero attached hydrogens (tertiary/aromatic N) is 1. The van der Waals surface area contributed by atoms with Crippen molar-refractivity contribution in [2.75, 3.05) is 0 Å². The first-order chi connectivity index (χ1) is 13.1. The molecule has 27 heavy (non-hydrogen) atoms. The minimum Gasteiger partial charge on any atom is -0.469 e. The molecule has 0 saturated heterocycles. The fraction of sp³-hybridized carbons (Fsp3) is 0.0870. The number of furan rings is 1. The molecule has 0 saturated carbocycles. The van der Waals surface area contributed by atoms with Crippen molar-refractivity contribution in [3.05, 3.63) is 99.6 Å². The van der Waals surface area contributed by atoms with E-state index in [1.807, 2.05) is 79.1 Å². The molecule has 0 radical (unpaired) electrons. The molecule has 0 fully saturated rings. The lowest BCUT2D eigenvalue weighted by atomic mass is 10.0. The average molecular weight is 376 g/mol. The van der Waals surface area contributed by atoms with Crippen LogP contribution in [0.4, 0.5) is 0 Å². The monoisotopic (exact) mass is 375 g/mol. The maximum absolute atomic E-state index is 12.8. The van der Waals surface area contributed by atoms with Crippen LogP contribution < -0.4 is 5.43 Å². The van der Waals surface area contributed by atoms with Gasteiger partial charge in [-0.2, -0.15) is 0 Å². The smallest absolute Gasteiger partial charge is 0.185 e. The predicted molar refractivity (Wildman–Crippen MR) is 110 cm³/mol. The van der Waals surface area contributed by atoms with Gasteiger partial charge in [-0.05, 0) is 37.6 Å². The summed E-state index contributed by atoms with van der Waals surface area (Å²) in [6.07, 6.45) is 1.63. The van der Waals surface area contributed by atoms with Gasteiger partial charge in [0.1, 0.15) is 5.76 Å². The van der Waals surface area contributed by atoms with E-state index in [9.17, 15) is 4.79 Å². The van der Waals surface area contributed by atoms with E-state index < -0.39 is 0 Å². The number of para-hydroxylation sites is 1. The fourth-order valence-electron chi connectivity index (χ4n) is 3.38. The highest BCUT2D eigenvalue weighted by Crippen LogP contribution is 2.35. The maximum atomic E-state index is 12.8. The van der Waals surface area contributed by atoms with Crippen molar-refractivity contribution < 1.29 is 4.42 Å². The standard InChI is InChI=1S/C23H18ClNO2/c1-15-22(26)14-21(18-12-13-27-16(18)2)25(20-11-7-6-10-19(20)24)23(15)17-8-4-3-5-9-17/h3-14H,1-2H3. The number of halogens is 1. The van der Waals surface area contributed by atoms with Gasteiger partial charge < -0.3 is 8.98 Å². The van der Waals surface area contributed by atoms with Gasteiger partial charge in [-0.3, -0.25) is 4.79 Å². The van der Waals surface area contributed by atoms with Crippen LogP contribution in [-0.2, 0) is 0 Å². The molecule has 2 aromatic heterocycles. The summed E-state index contributed by atoms with van der Waals surface area (Å²) in [5.74, 6) is 0.748. The average Bonchev–Trinajstić information content (AvgIpc) is 3.10. The van der Waals surface area contributed by atoms with Crippen LogP contribution in [0, 0.1) is 13.8 Å². The van der Waals surface area contributed by atoms with Crippen molar-refractivity contribution in [1.29, 1.82) is 0 Å². The van der Waals surface area contributed by atoms with Crippen LogP contribution in [0.3, 0.4) is 0 Å². The van der Waals surface area contributed by atoms with Gasteiger partial charge >= 0.3 is 0 Å². The highest BCUT2D eigenvalue weighted by atomic mass is 35.5. The largest absolute Gasteiger partial charge is 0.469 e. The summed E-state index contributed by atoms with van der Waals surface area (Å²) >= 11 is 6.56. The van der Waals surface area contributed by atoms with Gasteiger partial charge in [-0.15, -0.1) is 0 Å². The lowest BCUT2D eigenvalue weighted by molar-refractivity contribution is 0.535. The number of hydrogen-bond donors (Lipinski definition) is 0. The van der Waals surface area contributed by atoms with E-state index in [4.69, 9.17) is 16.0 Å². The summed E-state index contributed by atoms with van der Waals surface area (Å²) in [5, 5.41) is 0.611. The van der Waals surface area contributed by atoms with E-state index in [0.717, 1.165) is 34.0 Å². The van der Waals surface area contributed by atoms with Crippen LogP contribution in [-0.4, -0.2) is 4.57 Å². The molecule has 0 aliphatic rings. The Morgan fingerprint density at radius 3 is 2.30 bits per heavy atom. The molecule has 0 bridgehead atoms. The predicted octanol–water partition coefficient (Wildman–Crippen LogP) is 6.03. The summed E-state index contributed by atoms with van der Waals surface area (Å²) in [7, 11) is 0. The molecular formula is C23H18ClNO2. The quantitative estimate of drug-likeness (QED) is 0.438. The number of rotatable bonds is 3. The lowest BCUT2D eigenvalue weighted by Crippen LogP contribution is -2.16. The van der Waals surface area contributed by atoms with Gasteiger partial charge in [0.05, 0.1) is 28.4 Å². The SMILES string of the molecule is Cc1occc1-c1cc(=O)c(C)c(-c2ccccc2)n1-c1ccccc1Cl. The maximum Gasteiger partial charge on any atom is 0.185 e. The second kappa shape index (κ2) is 6.93. The molecule has 4 aromatic rings. The Morgan fingerprint density at radius 2 is 1.63 bits per heavy atom. The zero-order chi connectivity index (χ0) is 19.0. The van der Waals surface area contributed by atoms with Crippen LogP contribution >= 0.6 is 11.6 Å². The van der Waals surface area contributed by atoms with E-state index in [1.54, 1.807) is 12.3 Å². The zero-order valence-electron chi connectivity index (χ0n) is 15.1. The molecule has 0 unspecified atom stereocenters. The highest BCUT2D eigenvalue weighted by Gasteiger charge is 2.20. The molecule has 0 amide bonds. The second-order valence-electron chi connectivity index (χ2n) is 6.41. The zero-order valence-corrected chi connectivity index (χ0v) is 15.8. The van der Waals surface area contributed by atoms with Crippen molar-refractivity contribution in [1.82, 2.24) is 4.57 Å². The first-order valence-electron chi connectivity index (χ1n) is 8.69. The van der Waals surface area contributed by atoms with Crippen LogP contribution in [0.25, 0.3) is 28.2 Å². The molecular weight excluding hydrogens is 358 g/mol. The van der Waals surface area contributed by atoms with Gasteiger partial charge in [0.15, 0.2) is 5.43 Å². The number of hydrogen-bond acceptors (Lipinski definition) is 2. The van der Waals surface area contributed by atoms with Crippen LogP contribution in [0.5, 0.6) is 0 Å². The lowest BCUT2D eigenvalue weighted by Gasteiger charge is -2.22. The Hall–Kier alpha value is -3.04. The Labute approximate surface area is 162 Å². The normalized spacial score (nSPS) is 10.9. The molecule has 0 aliphatic carbocycles. The van der Waals surface area contributed by atoms with E-state index in [0.29, 0.717) is 10.6 Å². The van der Waals surface area contributed by atoms with Gasteiger partial charge in [0.2, 0.25) is 0 Å². The number of aromatic nitrogens is 1. The Balaban J connectivity index is 2.19. The van der Waals surface area contributed by atoms with Crippen LogP contribution in [0.2, 0.25) is 5.02 Å².